The second-order valence-corrected chi connectivity index (χ2v) is 7.90. The number of rotatable bonds is 3. The van der Waals surface area contributed by atoms with Crippen molar-refractivity contribution in [1.29, 1.82) is 0 Å². The maximum Gasteiger partial charge on any atom is 0.154 e. The Morgan fingerprint density at radius 2 is 1.61 bits per heavy atom. The summed E-state index contributed by atoms with van der Waals surface area (Å²) in [5.74, 6) is -0.335. The van der Waals surface area contributed by atoms with E-state index in [2.05, 4.69) is 0 Å². The summed E-state index contributed by atoms with van der Waals surface area (Å²) in [6.07, 6.45) is 1.17. The van der Waals surface area contributed by atoms with Crippen LogP contribution in [0.15, 0.2) is 12.1 Å². The highest BCUT2D eigenvalue weighted by Gasteiger charge is 2.38. The summed E-state index contributed by atoms with van der Waals surface area (Å²) >= 11 is 0. The van der Waals surface area contributed by atoms with Gasteiger partial charge in [-0.15, -0.1) is 0 Å². The number of sulfone groups is 1. The first-order chi connectivity index (χ1) is 7.98. The Bertz CT molecular complexity index is 541. The molecule has 5 heteroatoms. The minimum absolute atomic E-state index is 0.335. The molecule has 1 aromatic rings. The van der Waals surface area contributed by atoms with Crippen LogP contribution in [-0.2, 0) is 9.84 Å². The van der Waals surface area contributed by atoms with Crippen LogP contribution in [0.1, 0.15) is 36.6 Å². The van der Waals surface area contributed by atoms with Crippen molar-refractivity contribution in [2.45, 2.75) is 38.5 Å². The molecule has 0 heterocycles. The van der Waals surface area contributed by atoms with E-state index in [1.54, 1.807) is 27.7 Å². The van der Waals surface area contributed by atoms with Crippen LogP contribution < -0.4 is 5.73 Å². The number of hydrogen-bond donors (Lipinski definition) is 1. The number of benzene rings is 1. The number of hydrogen-bond acceptors (Lipinski definition) is 3. The summed E-state index contributed by atoms with van der Waals surface area (Å²) in [5.41, 5.74) is 8.16. The average molecular weight is 273 g/mol. The normalized spacial score (nSPS) is 14.6. The molecule has 0 radical (unpaired) electrons. The van der Waals surface area contributed by atoms with Gasteiger partial charge in [0.05, 0.1) is 4.75 Å². The molecule has 2 N–H and O–H groups in total. The Hall–Kier alpha value is -0.940. The highest BCUT2D eigenvalue weighted by molar-refractivity contribution is 7.92. The summed E-state index contributed by atoms with van der Waals surface area (Å²) in [5, 5.41) is 0. The first-order valence-corrected chi connectivity index (χ1v) is 7.59. The third-order valence-corrected chi connectivity index (χ3v) is 5.74. The summed E-state index contributed by atoms with van der Waals surface area (Å²) in [7, 11) is -3.31. The van der Waals surface area contributed by atoms with Gasteiger partial charge < -0.3 is 5.73 Å². The van der Waals surface area contributed by atoms with Crippen LogP contribution in [-0.4, -0.2) is 19.4 Å². The molecular formula is C13H20FNO2S. The van der Waals surface area contributed by atoms with Gasteiger partial charge in [-0.05, 0) is 56.5 Å². The summed E-state index contributed by atoms with van der Waals surface area (Å²) in [6.45, 7) is 6.66. The summed E-state index contributed by atoms with van der Waals surface area (Å²) in [4.78, 5) is 0. The van der Waals surface area contributed by atoms with Gasteiger partial charge in [-0.3, -0.25) is 0 Å². The molecule has 0 saturated heterocycles. The fourth-order valence-corrected chi connectivity index (χ4v) is 2.57. The predicted molar refractivity (Wildman–Crippen MR) is 71.7 cm³/mol. The van der Waals surface area contributed by atoms with Crippen LogP contribution in [0.5, 0.6) is 0 Å². The van der Waals surface area contributed by atoms with Gasteiger partial charge >= 0.3 is 0 Å². The van der Waals surface area contributed by atoms with Gasteiger partial charge in [-0.2, -0.15) is 0 Å². The van der Waals surface area contributed by atoms with E-state index in [9.17, 15) is 12.8 Å². The molecule has 102 valence electrons. The van der Waals surface area contributed by atoms with Crippen LogP contribution in [0.4, 0.5) is 4.39 Å². The lowest BCUT2D eigenvalue weighted by molar-refractivity contribution is 0.493. The molecule has 1 atom stereocenters. The van der Waals surface area contributed by atoms with Gasteiger partial charge in [0.1, 0.15) is 5.82 Å². The first-order valence-electron chi connectivity index (χ1n) is 5.70. The highest BCUT2D eigenvalue weighted by atomic mass is 32.2. The van der Waals surface area contributed by atoms with E-state index in [-0.39, 0.29) is 5.82 Å². The van der Waals surface area contributed by atoms with Crippen molar-refractivity contribution in [2.75, 3.05) is 6.26 Å². The van der Waals surface area contributed by atoms with Gasteiger partial charge in [0.15, 0.2) is 9.84 Å². The van der Waals surface area contributed by atoms with E-state index in [0.717, 1.165) is 0 Å². The summed E-state index contributed by atoms with van der Waals surface area (Å²) in [6, 6.07) is 2.06. The van der Waals surface area contributed by atoms with E-state index in [1.807, 2.05) is 0 Å². The molecule has 0 fully saturated rings. The van der Waals surface area contributed by atoms with Crippen LogP contribution in [0, 0.1) is 19.7 Å². The minimum atomic E-state index is -3.31. The molecule has 18 heavy (non-hydrogen) atoms. The Morgan fingerprint density at radius 3 is 1.94 bits per heavy atom. The molecule has 3 nitrogen and oxygen atoms in total. The molecule has 0 aromatic heterocycles. The van der Waals surface area contributed by atoms with Crippen molar-refractivity contribution in [1.82, 2.24) is 0 Å². The maximum absolute atomic E-state index is 13.2. The van der Waals surface area contributed by atoms with Crippen molar-refractivity contribution in [2.24, 2.45) is 5.73 Å². The zero-order valence-corrected chi connectivity index (χ0v) is 12.2. The lowest BCUT2D eigenvalue weighted by atomic mass is 9.89. The van der Waals surface area contributed by atoms with Gasteiger partial charge in [-0.1, -0.05) is 0 Å². The van der Waals surface area contributed by atoms with E-state index < -0.39 is 20.6 Å². The zero-order valence-electron chi connectivity index (χ0n) is 11.4. The molecule has 1 rings (SSSR count). The molecule has 0 bridgehead atoms. The second kappa shape index (κ2) is 4.63. The number of halogens is 1. The molecule has 0 amide bonds. The average Bonchev–Trinajstić information content (AvgIpc) is 2.13. The minimum Gasteiger partial charge on any atom is -0.323 e. The number of nitrogens with two attached hydrogens (primary N) is 1. The standard InChI is InChI=1S/C13H20FNO2S/c1-8-6-10(14)7-9(2)11(8)12(15)13(3,4)18(5,16)17/h6-7,12H,15H2,1-5H3. The smallest absolute Gasteiger partial charge is 0.154 e. The summed E-state index contributed by atoms with van der Waals surface area (Å²) < 4.78 is 35.8. The van der Waals surface area contributed by atoms with E-state index in [0.29, 0.717) is 16.7 Å². The van der Waals surface area contributed by atoms with E-state index >= 15 is 0 Å². The molecule has 1 aromatic carbocycles. The zero-order chi connectivity index (χ0) is 14.3. The van der Waals surface area contributed by atoms with E-state index in [1.165, 1.54) is 18.4 Å². The Labute approximate surface area is 108 Å². The van der Waals surface area contributed by atoms with Crippen LogP contribution in [0.25, 0.3) is 0 Å². The highest BCUT2D eigenvalue weighted by Crippen LogP contribution is 2.33. The van der Waals surface area contributed by atoms with Crippen molar-refractivity contribution in [3.05, 3.63) is 34.6 Å². The SMILES string of the molecule is Cc1cc(F)cc(C)c1C(N)C(C)(C)S(C)(=O)=O. The molecule has 0 aliphatic carbocycles. The van der Waals surface area contributed by atoms with Crippen LogP contribution >= 0.6 is 0 Å². The maximum atomic E-state index is 13.2. The molecule has 0 aliphatic heterocycles. The van der Waals surface area contributed by atoms with Crippen molar-refractivity contribution < 1.29 is 12.8 Å². The Morgan fingerprint density at radius 1 is 1.22 bits per heavy atom. The lowest BCUT2D eigenvalue weighted by Crippen LogP contribution is -2.43. The van der Waals surface area contributed by atoms with Crippen molar-refractivity contribution in [3.8, 4) is 0 Å². The fourth-order valence-electron chi connectivity index (χ4n) is 1.99. The largest absolute Gasteiger partial charge is 0.323 e. The van der Waals surface area contributed by atoms with Crippen molar-refractivity contribution >= 4 is 9.84 Å². The van der Waals surface area contributed by atoms with Gasteiger partial charge in [0.2, 0.25) is 0 Å². The monoisotopic (exact) mass is 273 g/mol. The Balaban J connectivity index is 3.41. The molecule has 0 spiro atoms. The molecule has 1 unspecified atom stereocenters. The fraction of sp³-hybridized carbons (Fsp3) is 0.538. The second-order valence-electron chi connectivity index (χ2n) is 5.31. The molecular weight excluding hydrogens is 253 g/mol. The van der Waals surface area contributed by atoms with E-state index in [4.69, 9.17) is 5.73 Å². The van der Waals surface area contributed by atoms with Gasteiger partial charge in [0, 0.05) is 12.3 Å². The quantitative estimate of drug-likeness (QED) is 0.919. The molecule has 0 aliphatic rings. The topological polar surface area (TPSA) is 60.2 Å². The van der Waals surface area contributed by atoms with Crippen LogP contribution in [0.3, 0.4) is 0 Å². The predicted octanol–water partition coefficient (Wildman–Crippen LogP) is 2.27. The van der Waals surface area contributed by atoms with Crippen molar-refractivity contribution in [3.63, 3.8) is 0 Å². The molecule has 0 saturated carbocycles. The Kier molecular flexibility index (Phi) is 3.89. The van der Waals surface area contributed by atoms with Gasteiger partial charge in [0.25, 0.3) is 0 Å². The third kappa shape index (κ3) is 2.57. The van der Waals surface area contributed by atoms with Crippen LogP contribution in [0.2, 0.25) is 0 Å². The lowest BCUT2D eigenvalue weighted by Gasteiger charge is -2.32. The number of aryl methyl sites for hydroxylation is 2. The first kappa shape index (κ1) is 15.1. The third-order valence-electron chi connectivity index (χ3n) is 3.57. The van der Waals surface area contributed by atoms with Gasteiger partial charge in [-0.25, -0.2) is 12.8 Å².